The number of carboxylic acids is 3. The second kappa shape index (κ2) is 51.3. The van der Waals surface area contributed by atoms with Crippen LogP contribution in [0.15, 0.2) is 128 Å². The van der Waals surface area contributed by atoms with Gasteiger partial charge in [-0.3, -0.25) is 19.2 Å². The van der Waals surface area contributed by atoms with E-state index in [4.69, 9.17) is 33.9 Å². The number of nitrogens with one attached hydrogen (secondary N) is 4. The Kier molecular flexibility index (Phi) is 38.2. The molecule has 4 aromatic carbocycles. The van der Waals surface area contributed by atoms with Crippen molar-refractivity contribution in [1.82, 2.24) is 78.1 Å². The van der Waals surface area contributed by atoms with Crippen molar-refractivity contribution in [3.8, 4) is 0 Å². The average molecular weight is 1960 g/mol. The average Bonchev–Trinajstić information content (AvgIpc) is 1.65. The van der Waals surface area contributed by atoms with Gasteiger partial charge in [0.1, 0.15) is 37.4 Å². The Morgan fingerprint density at radius 3 is 1.31 bits per heavy atom. The first-order chi connectivity index (χ1) is 68.8. The lowest BCUT2D eigenvalue weighted by atomic mass is 9.84. The number of aromatic nitrogens is 16. The molecule has 37 nitrogen and oxygen atoms in total. The highest BCUT2D eigenvalue weighted by atomic mass is 16.6. The highest BCUT2D eigenvalue weighted by Crippen LogP contribution is 2.38. The van der Waals surface area contributed by atoms with E-state index in [0.29, 0.717) is 168 Å². The number of benzene rings is 4. The molecule has 7 N–H and O–H groups in total. The van der Waals surface area contributed by atoms with Crippen molar-refractivity contribution >= 4 is 128 Å². The van der Waals surface area contributed by atoms with Gasteiger partial charge in [0.05, 0.1) is 51.7 Å². The highest BCUT2D eigenvalue weighted by Gasteiger charge is 2.33. The summed E-state index contributed by atoms with van der Waals surface area (Å²) in [5.41, 5.74) is 11.1. The molecule has 766 valence electrons. The lowest BCUT2D eigenvalue weighted by Crippen LogP contribution is -2.38. The third-order valence-corrected chi connectivity index (χ3v) is 25.4. The maximum atomic E-state index is 13.7. The van der Waals surface area contributed by atoms with Crippen LogP contribution in [0.4, 0.5) is 56.7 Å². The summed E-state index contributed by atoms with van der Waals surface area (Å²) < 4.78 is 28.2. The molecule has 9 heterocycles. The van der Waals surface area contributed by atoms with E-state index in [0.717, 1.165) is 60.9 Å². The molecule has 4 fully saturated rings. The van der Waals surface area contributed by atoms with Crippen molar-refractivity contribution in [3.05, 3.63) is 167 Å². The van der Waals surface area contributed by atoms with E-state index in [1.165, 1.54) is 151 Å². The van der Waals surface area contributed by atoms with Crippen molar-refractivity contribution in [2.45, 2.75) is 293 Å². The van der Waals surface area contributed by atoms with E-state index in [9.17, 15) is 44.1 Å². The number of unbranched alkanes of at least 4 members (excludes halogenated alkanes) is 2. The van der Waals surface area contributed by atoms with E-state index in [1.807, 2.05) is 83.8 Å². The first-order valence-corrected chi connectivity index (χ1v) is 50.8. The zero-order valence-corrected chi connectivity index (χ0v) is 85.3. The number of esters is 1. The minimum Gasteiger partial charge on any atom is -0.480 e. The van der Waals surface area contributed by atoms with Gasteiger partial charge in [0, 0.05) is 59.4 Å². The van der Waals surface area contributed by atoms with E-state index in [-0.39, 0.29) is 57.2 Å². The summed E-state index contributed by atoms with van der Waals surface area (Å²) in [6.45, 7) is 29.4. The fourth-order valence-electron chi connectivity index (χ4n) is 18.0. The summed E-state index contributed by atoms with van der Waals surface area (Å²) >= 11 is 0. The maximum Gasteiger partial charge on any atom is 0.417 e. The molecule has 143 heavy (non-hydrogen) atoms. The van der Waals surface area contributed by atoms with Crippen LogP contribution in [0.3, 0.4) is 0 Å². The number of carbonyl (C=O) groups is 6. The fourth-order valence-corrected chi connectivity index (χ4v) is 18.0. The Hall–Kier alpha value is -13.7. The van der Waals surface area contributed by atoms with Crippen molar-refractivity contribution in [1.29, 1.82) is 0 Å². The van der Waals surface area contributed by atoms with Crippen LogP contribution >= 0.6 is 0 Å². The lowest BCUT2D eigenvalue weighted by Gasteiger charge is -2.28. The summed E-state index contributed by atoms with van der Waals surface area (Å²) in [5, 5.41) is 41.4. The van der Waals surface area contributed by atoms with Crippen LogP contribution in [-0.2, 0) is 90.5 Å². The first-order valence-electron chi connectivity index (χ1n) is 50.8. The summed E-state index contributed by atoms with van der Waals surface area (Å²) in [6, 6.07) is 36.0. The van der Waals surface area contributed by atoms with Crippen LogP contribution in [0.1, 0.15) is 268 Å². The number of fused-ring (bicyclic) bond motifs is 4. The molecular formula is C106H144N24O13. The van der Waals surface area contributed by atoms with E-state index in [2.05, 4.69) is 178 Å². The molecule has 12 aromatic rings. The molecule has 16 rings (SSSR count). The molecule has 2 amide bonds. The minimum absolute atomic E-state index is 0.0332. The molecule has 0 unspecified atom stereocenters. The van der Waals surface area contributed by atoms with Crippen molar-refractivity contribution < 1.29 is 63.0 Å². The molecule has 8 aromatic heterocycles. The van der Waals surface area contributed by atoms with Crippen LogP contribution in [0, 0.1) is 11.8 Å². The molecular weight excluding hydrogens is 1820 g/mol. The molecule has 0 spiro atoms. The molecule has 0 atom stereocenters. The van der Waals surface area contributed by atoms with Crippen LogP contribution in [0.5, 0.6) is 0 Å². The first kappa shape index (κ1) is 107. The number of hydrogen-bond acceptors (Lipinski definition) is 28. The quantitative estimate of drug-likeness (QED) is 0.0107. The molecule has 4 aliphatic rings. The molecule has 0 bridgehead atoms. The van der Waals surface area contributed by atoms with Crippen molar-refractivity contribution in [3.63, 3.8) is 0 Å². The Bertz CT molecular complexity index is 6150. The molecule has 1 saturated heterocycles. The van der Waals surface area contributed by atoms with Gasteiger partial charge in [0.25, 0.3) is 0 Å². The zero-order chi connectivity index (χ0) is 102. The van der Waals surface area contributed by atoms with Gasteiger partial charge in [-0.25, -0.2) is 39.3 Å². The number of nitrogens with zero attached hydrogens (tertiary/aromatic N) is 20. The molecule has 0 radical (unpaired) electrons. The van der Waals surface area contributed by atoms with Gasteiger partial charge in [-0.05, 0) is 175 Å². The van der Waals surface area contributed by atoms with E-state index >= 15 is 0 Å². The van der Waals surface area contributed by atoms with Gasteiger partial charge in [-0.2, -0.15) is 39.9 Å². The van der Waals surface area contributed by atoms with Crippen LogP contribution in [0.25, 0.3) is 44.7 Å². The van der Waals surface area contributed by atoms with Gasteiger partial charge >= 0.3 is 36.1 Å². The number of ether oxygens (including phenoxy) is 4. The molecule has 3 aliphatic carbocycles. The topological polar surface area (TPSA) is 436 Å². The van der Waals surface area contributed by atoms with Crippen molar-refractivity contribution in [2.75, 3.05) is 100 Å². The second-order valence-electron chi connectivity index (χ2n) is 40.2. The zero-order valence-electron chi connectivity index (χ0n) is 85.3. The van der Waals surface area contributed by atoms with Crippen LogP contribution in [-0.4, -0.2) is 200 Å². The predicted octanol–water partition coefficient (Wildman–Crippen LogP) is 19.8. The number of anilines is 8. The Labute approximate surface area is 837 Å². The Morgan fingerprint density at radius 2 is 0.853 bits per heavy atom. The normalized spacial score (nSPS) is 14.4. The number of morpholine rings is 1. The summed E-state index contributed by atoms with van der Waals surface area (Å²) in [6.07, 6.45) is 29.1. The number of amides is 2. The lowest BCUT2D eigenvalue weighted by molar-refractivity contribution is -0.144. The standard InChI is InChI=1S/C33H40N6O4.C25H34N6O2.C24H40N6O4.C24H30N6O3/c1-33(2,3)43-32(42)39(20-24-15-17-26(18-16-24)25-13-9-6-10-14-25)31-35-29(37(4)19-23-11-7-5-8-12-23)28-30(36-31)38(22-34-28)21-27(40)41;1-17(2)12-13-26-23-22-24(31(16-28-22)15-21(32)33)30-25(29-23)27-14-18-8-10-20(11-9-18)19-6-4-3-5-7-19;1-8-10-11-14-30(23(32)34-24(5,6)7)22-27-20(25-13-12-17(3)4)19-21(28-22)29(16-26-19)15-18(31)33-9-2;31-20(32)15-30-16-26-21-22(29-10-12-33-13-11-29)27-24(28-23(21)30)25-14-17-6-8-19(9-7-17)18-4-2-1-3-5-18/h5,7-8,11-12,15-18,22,25H,6,9-10,13-14,19-21H2,1-4H3,(H,40,41);8-11,16-17,19H,3-7,12-15H2,1-2H3,(H,32,33)(H2,26,27,29,30);16-17H,8-15H2,1-7H3,(H,25,27,28);6-9,16,18H,1-5,10-15H2,(H,31,32)(H,25,27,28). The third-order valence-electron chi connectivity index (χ3n) is 25.4. The van der Waals surface area contributed by atoms with Crippen LogP contribution in [0.2, 0.25) is 0 Å². The summed E-state index contributed by atoms with van der Waals surface area (Å²) in [7, 11) is 1.89. The number of hydrogen-bond donors (Lipinski definition) is 7. The third kappa shape index (κ3) is 31.1. The predicted molar refractivity (Wildman–Crippen MR) is 555 cm³/mol. The number of carboxylic acid groups (broad SMARTS) is 3. The number of carbonyl (C=O) groups excluding carboxylic acids is 3. The maximum absolute atomic E-state index is 13.7. The van der Waals surface area contributed by atoms with Gasteiger partial charge in [0.15, 0.2) is 67.9 Å². The number of rotatable bonds is 38. The second-order valence-corrected chi connectivity index (χ2v) is 40.2. The highest BCUT2D eigenvalue weighted by molar-refractivity contribution is 5.93. The number of imidazole rings is 4. The Balaban J connectivity index is 0.000000161. The Morgan fingerprint density at radius 1 is 0.448 bits per heavy atom. The van der Waals surface area contributed by atoms with Gasteiger partial charge in [0.2, 0.25) is 23.8 Å². The largest absolute Gasteiger partial charge is 0.480 e. The SMILES string of the molecule is CC(C)CCNc1nc(NCc2ccc(C3CCCCC3)cc2)nc2c1ncn2CC(=O)O.CCCCCN(C(=O)OC(C)(C)C)c1nc(NCCC(C)C)c2ncn(CC(=O)OCC)c2n1.CN(Cc1ccccc1)c1nc(N(Cc2ccc(C3CCCCC3)cc2)C(=O)OC(C)(C)C)nc2c1ncn2CC(=O)O.O=C(O)Cn1cnc2c(N3CCOCC3)nc(NCc3ccc(C4CCCCC4)cc3)nc21. The van der Waals surface area contributed by atoms with Gasteiger partial charge < -0.3 is 83.6 Å². The monoisotopic (exact) mass is 1960 g/mol. The smallest absolute Gasteiger partial charge is 0.417 e. The van der Waals surface area contributed by atoms with Gasteiger partial charge in [-0.15, -0.1) is 0 Å². The van der Waals surface area contributed by atoms with E-state index in [1.54, 1.807) is 22.4 Å². The molecule has 3 saturated carbocycles. The fraction of sp³-hybridized carbons (Fsp3) is 0.528. The summed E-state index contributed by atoms with van der Waals surface area (Å²) in [5.74, 6) is 3.34. The van der Waals surface area contributed by atoms with E-state index < -0.39 is 41.3 Å². The number of aliphatic carboxylic acids is 3. The van der Waals surface area contributed by atoms with Gasteiger partial charge in [-0.1, -0.05) is 208 Å². The summed E-state index contributed by atoms with van der Waals surface area (Å²) in [4.78, 5) is 135. The minimum atomic E-state index is -1.03. The molecule has 1 aliphatic heterocycles. The molecule has 37 heteroatoms. The van der Waals surface area contributed by atoms with Crippen LogP contribution < -0.4 is 40.9 Å². The van der Waals surface area contributed by atoms with Crippen molar-refractivity contribution in [2.24, 2.45) is 11.8 Å².